The lowest BCUT2D eigenvalue weighted by atomic mass is 10.1. The third-order valence-corrected chi connectivity index (χ3v) is 5.19. The second kappa shape index (κ2) is 14.6. The van der Waals surface area contributed by atoms with E-state index < -0.39 is 5.97 Å². The van der Waals surface area contributed by atoms with Gasteiger partial charge in [-0.15, -0.1) is 0 Å². The van der Waals surface area contributed by atoms with Crippen molar-refractivity contribution in [2.45, 2.75) is 84.0 Å². The maximum absolute atomic E-state index is 11.1. The number of amidine groups is 1. The molecule has 0 fully saturated rings. The van der Waals surface area contributed by atoms with Gasteiger partial charge in [-0.25, -0.2) is 9.48 Å². The molecule has 1 aliphatic heterocycles. The number of nitrogens with two attached hydrogens (primary N) is 1. The molecule has 5 nitrogen and oxygen atoms in total. The summed E-state index contributed by atoms with van der Waals surface area (Å²) in [6.45, 7) is 3.16. The van der Waals surface area contributed by atoms with E-state index in [-0.39, 0.29) is 11.0 Å². The second-order valence-electron chi connectivity index (χ2n) is 7.55. The number of hydrogen-bond donors (Lipinski definition) is 1. The minimum absolute atomic E-state index is 0.0700. The molecular weight excluding hydrogens is 338 g/mol. The molecule has 0 aromatic heterocycles. The lowest BCUT2D eigenvalue weighted by Crippen LogP contribution is -2.55. The molecule has 1 rings (SSSR count). The summed E-state index contributed by atoms with van der Waals surface area (Å²) in [5, 5.41) is 11.1. The average molecular weight is 378 g/mol. The van der Waals surface area contributed by atoms with Gasteiger partial charge >= 0.3 is 0 Å². The van der Waals surface area contributed by atoms with Gasteiger partial charge in [0.1, 0.15) is 19.3 Å². The highest BCUT2D eigenvalue weighted by Crippen LogP contribution is 2.21. The molecule has 1 aliphatic rings. The van der Waals surface area contributed by atoms with Crippen molar-refractivity contribution in [2.24, 2.45) is 10.7 Å². The Balaban J connectivity index is 2.09. The first kappa shape index (κ1) is 23.6. The maximum atomic E-state index is 11.1. The third kappa shape index (κ3) is 9.87. The van der Waals surface area contributed by atoms with Crippen LogP contribution in [0, 0.1) is 0 Å². The summed E-state index contributed by atoms with van der Waals surface area (Å²) < 4.78 is 0.241. The summed E-state index contributed by atoms with van der Waals surface area (Å²) in [7, 11) is 0. The normalized spacial score (nSPS) is 19.1. The Labute approximate surface area is 165 Å². The van der Waals surface area contributed by atoms with E-state index in [4.69, 9.17) is 5.73 Å². The molecule has 0 aromatic rings. The van der Waals surface area contributed by atoms with Gasteiger partial charge in [0.15, 0.2) is 0 Å². The molecule has 0 amide bonds. The minimum atomic E-state index is -1.05. The molecule has 0 bridgehead atoms. The Hall–Kier alpha value is -1.46. The Kier molecular flexibility index (Phi) is 12.7. The van der Waals surface area contributed by atoms with Crippen LogP contribution in [-0.2, 0) is 4.79 Å². The molecule has 0 saturated heterocycles. The van der Waals surface area contributed by atoms with Crippen molar-refractivity contribution >= 4 is 11.8 Å². The smallest absolute Gasteiger partial charge is 0.207 e. The van der Waals surface area contributed by atoms with Crippen molar-refractivity contribution in [2.75, 3.05) is 19.6 Å². The molecule has 5 heteroatoms. The summed E-state index contributed by atoms with van der Waals surface area (Å²) >= 11 is 0. The van der Waals surface area contributed by atoms with Crippen molar-refractivity contribution in [3.63, 3.8) is 0 Å². The summed E-state index contributed by atoms with van der Waals surface area (Å²) in [5.41, 5.74) is 5.68. The molecule has 27 heavy (non-hydrogen) atoms. The minimum Gasteiger partial charge on any atom is -0.544 e. The van der Waals surface area contributed by atoms with E-state index in [2.05, 4.69) is 24.1 Å². The van der Waals surface area contributed by atoms with Crippen LogP contribution in [0.15, 0.2) is 29.5 Å². The van der Waals surface area contributed by atoms with E-state index in [0.29, 0.717) is 13.1 Å². The van der Waals surface area contributed by atoms with Crippen molar-refractivity contribution < 1.29 is 14.4 Å². The van der Waals surface area contributed by atoms with E-state index in [0.717, 1.165) is 18.7 Å². The number of aliphatic imine (C=N–C) groups is 1. The lowest BCUT2D eigenvalue weighted by Gasteiger charge is -2.32. The first-order chi connectivity index (χ1) is 13.1. The number of allylic oxidation sites excluding steroid dienone is 2. The van der Waals surface area contributed by atoms with Crippen LogP contribution in [0.25, 0.3) is 0 Å². The Morgan fingerprint density at radius 2 is 1.70 bits per heavy atom. The molecular formula is C22H39N3O2. The number of nitrogens with zero attached hydrogens (tertiary/aromatic N) is 2. The van der Waals surface area contributed by atoms with E-state index in [9.17, 15) is 9.90 Å². The summed E-state index contributed by atoms with van der Waals surface area (Å²) in [6, 6.07) is 0. The van der Waals surface area contributed by atoms with Gasteiger partial charge in [-0.2, -0.15) is 0 Å². The maximum Gasteiger partial charge on any atom is 0.207 e. The van der Waals surface area contributed by atoms with Gasteiger partial charge in [0, 0.05) is 13.0 Å². The van der Waals surface area contributed by atoms with Crippen LogP contribution in [0.3, 0.4) is 0 Å². The van der Waals surface area contributed by atoms with Crippen LogP contribution in [0.1, 0.15) is 84.0 Å². The zero-order chi connectivity index (χ0) is 19.8. The highest BCUT2D eigenvalue weighted by molar-refractivity contribution is 5.80. The number of unbranched alkanes of at least 4 members (excludes halogenated alkanes) is 9. The molecule has 1 unspecified atom stereocenters. The van der Waals surface area contributed by atoms with Crippen LogP contribution >= 0.6 is 0 Å². The molecule has 0 aromatic carbocycles. The number of carbonyl (C=O) groups excluding carboxylic acids is 1. The van der Waals surface area contributed by atoms with Crippen LogP contribution in [0.5, 0.6) is 0 Å². The lowest BCUT2D eigenvalue weighted by molar-refractivity contribution is -0.780. The quantitative estimate of drug-likeness (QED) is 0.239. The number of carboxylic acids is 1. The van der Waals surface area contributed by atoms with Gasteiger partial charge in [0.05, 0.1) is 12.2 Å². The van der Waals surface area contributed by atoms with Gasteiger partial charge in [0.2, 0.25) is 5.84 Å². The van der Waals surface area contributed by atoms with Crippen molar-refractivity contribution in [1.82, 2.24) is 0 Å². The topological polar surface area (TPSA) is 78.5 Å². The first-order valence-electron chi connectivity index (χ1n) is 10.8. The fraction of sp³-hybridized carbons (Fsp3) is 0.727. The van der Waals surface area contributed by atoms with Gasteiger partial charge in [-0.05, 0) is 25.7 Å². The number of carbonyl (C=O) groups is 1. The average Bonchev–Trinajstić information content (AvgIpc) is 3.00. The standard InChI is InChI=1S/C22H39N3O2/c1-2-3-4-5-6-7-8-9-10-11-12-13-14-15-21-24-17-19-25(21,18-16-23)20-22(26)27/h5-6,17,19H,2-4,7-16,18,20,23H2,1H3/b6-5+. The van der Waals surface area contributed by atoms with Crippen molar-refractivity contribution in [3.8, 4) is 0 Å². The predicted octanol–water partition coefficient (Wildman–Crippen LogP) is 3.65. The molecule has 2 N–H and O–H groups in total. The molecule has 0 spiro atoms. The highest BCUT2D eigenvalue weighted by Gasteiger charge is 2.34. The molecule has 0 aliphatic carbocycles. The van der Waals surface area contributed by atoms with Crippen LogP contribution in [0.2, 0.25) is 0 Å². The molecule has 154 valence electrons. The number of aliphatic carboxylic acids is 1. The van der Waals surface area contributed by atoms with Crippen molar-refractivity contribution in [1.29, 1.82) is 0 Å². The fourth-order valence-corrected chi connectivity index (χ4v) is 3.61. The van der Waals surface area contributed by atoms with Gasteiger partial charge in [0.25, 0.3) is 0 Å². The second-order valence-corrected chi connectivity index (χ2v) is 7.55. The number of carboxylic acid groups (broad SMARTS) is 1. The van der Waals surface area contributed by atoms with Crippen LogP contribution in [-0.4, -0.2) is 35.9 Å². The van der Waals surface area contributed by atoms with E-state index >= 15 is 0 Å². The molecule has 0 saturated carbocycles. The van der Waals surface area contributed by atoms with Crippen LogP contribution in [0.4, 0.5) is 0 Å². The zero-order valence-electron chi connectivity index (χ0n) is 17.2. The predicted molar refractivity (Wildman–Crippen MR) is 111 cm³/mol. The van der Waals surface area contributed by atoms with E-state index in [1.54, 1.807) is 6.20 Å². The molecule has 1 heterocycles. The number of hydrogen-bond acceptors (Lipinski definition) is 4. The van der Waals surface area contributed by atoms with E-state index in [1.165, 1.54) is 64.2 Å². The summed E-state index contributed by atoms with van der Waals surface area (Å²) in [6.07, 6.45) is 22.8. The first-order valence-corrected chi connectivity index (χ1v) is 10.8. The molecule has 0 radical (unpaired) electrons. The van der Waals surface area contributed by atoms with E-state index in [1.807, 2.05) is 6.20 Å². The van der Waals surface area contributed by atoms with Gasteiger partial charge in [-0.3, -0.25) is 0 Å². The third-order valence-electron chi connectivity index (χ3n) is 5.19. The molecule has 1 atom stereocenters. The summed E-state index contributed by atoms with van der Waals surface area (Å²) in [5.74, 6) is -0.137. The Morgan fingerprint density at radius 3 is 2.33 bits per heavy atom. The zero-order valence-corrected chi connectivity index (χ0v) is 17.2. The number of rotatable bonds is 17. The van der Waals surface area contributed by atoms with Gasteiger partial charge in [-0.1, -0.05) is 64.0 Å². The summed E-state index contributed by atoms with van der Waals surface area (Å²) in [4.78, 5) is 15.5. The number of quaternary nitrogens is 1. The Morgan fingerprint density at radius 1 is 1.07 bits per heavy atom. The highest BCUT2D eigenvalue weighted by atomic mass is 16.4. The fourth-order valence-electron chi connectivity index (χ4n) is 3.61. The monoisotopic (exact) mass is 377 g/mol. The SMILES string of the molecule is CCCC/C=C/CCCCCCCCCC1=NC=C[N+]1(CCN)CC(=O)[O-]. The van der Waals surface area contributed by atoms with Gasteiger partial charge < -0.3 is 15.6 Å². The largest absolute Gasteiger partial charge is 0.544 e. The van der Waals surface area contributed by atoms with Crippen molar-refractivity contribution in [3.05, 3.63) is 24.6 Å². The Bertz CT molecular complexity index is 500. The van der Waals surface area contributed by atoms with Crippen LogP contribution < -0.4 is 10.8 Å².